The van der Waals surface area contributed by atoms with E-state index in [1.54, 1.807) is 0 Å². The van der Waals surface area contributed by atoms with Gasteiger partial charge in [0.25, 0.3) is 5.91 Å². The Balaban J connectivity index is 1.49. The van der Waals surface area contributed by atoms with E-state index in [9.17, 15) is 9.59 Å². The number of carbonyl (C=O) groups excluding carboxylic acids is 2. The Bertz CT molecular complexity index is 1390. The van der Waals surface area contributed by atoms with Crippen molar-refractivity contribution in [2.75, 3.05) is 24.5 Å². The summed E-state index contributed by atoms with van der Waals surface area (Å²) >= 11 is 0. The van der Waals surface area contributed by atoms with E-state index in [-0.39, 0.29) is 5.91 Å². The maximum atomic E-state index is 13.6. The number of nitrogens with zero attached hydrogens (tertiary/aromatic N) is 3. The first kappa shape index (κ1) is 29.1. The summed E-state index contributed by atoms with van der Waals surface area (Å²) in [5.74, 6) is 0.507. The van der Waals surface area contributed by atoms with Crippen LogP contribution < -0.4 is 15.5 Å². The molecule has 0 atom stereocenters. The van der Waals surface area contributed by atoms with Crippen LogP contribution in [-0.2, 0) is 11.3 Å². The number of pyridine rings is 1. The van der Waals surface area contributed by atoms with Crippen molar-refractivity contribution in [2.24, 2.45) is 5.92 Å². The number of rotatable bonds is 11. The molecule has 1 aliphatic rings. The number of hydrogen-bond acceptors (Lipinski definition) is 4. The van der Waals surface area contributed by atoms with Crippen LogP contribution >= 0.6 is 0 Å². The topological polar surface area (TPSA) is 79.3 Å². The normalized spacial score (nSPS) is 15.2. The molecule has 2 aromatic heterocycles. The molecule has 7 heteroatoms. The Morgan fingerprint density at radius 2 is 1.85 bits per heavy atom. The van der Waals surface area contributed by atoms with Crippen molar-refractivity contribution in [3.05, 3.63) is 82.5 Å². The Morgan fingerprint density at radius 1 is 1.10 bits per heavy atom. The van der Waals surface area contributed by atoms with Gasteiger partial charge in [0, 0.05) is 54.2 Å². The lowest BCUT2D eigenvalue weighted by atomic mass is 9.96. The number of nitrogens with one attached hydrogen (secondary N) is 2. The van der Waals surface area contributed by atoms with E-state index in [2.05, 4.69) is 69.3 Å². The lowest BCUT2D eigenvalue weighted by molar-refractivity contribution is -0.108. The van der Waals surface area contributed by atoms with Crippen LogP contribution in [0.4, 0.5) is 5.69 Å². The summed E-state index contributed by atoms with van der Waals surface area (Å²) in [4.78, 5) is 31.3. The summed E-state index contributed by atoms with van der Waals surface area (Å²) in [5, 5.41) is 6.89. The van der Waals surface area contributed by atoms with Crippen LogP contribution in [0.2, 0.25) is 0 Å². The molecule has 3 aromatic rings. The molecule has 0 radical (unpaired) electrons. The monoisotopic (exact) mass is 541 g/mol. The SMILES string of the molecule is CCCC(/C=C(/C)NC=O)=C(/C)CNC(=O)c1c(C)n(CC2CCN(c3ccc(C)nc3)CC2)c2ccccc12. The average molecular weight is 542 g/mol. The highest BCUT2D eigenvalue weighted by atomic mass is 16.1. The van der Waals surface area contributed by atoms with Gasteiger partial charge in [-0.2, -0.15) is 0 Å². The predicted octanol–water partition coefficient (Wildman–Crippen LogP) is 6.07. The molecule has 0 spiro atoms. The van der Waals surface area contributed by atoms with Crippen molar-refractivity contribution >= 4 is 28.9 Å². The quantitative estimate of drug-likeness (QED) is 0.228. The van der Waals surface area contributed by atoms with E-state index in [4.69, 9.17) is 0 Å². The van der Waals surface area contributed by atoms with Gasteiger partial charge in [-0.25, -0.2) is 0 Å². The second-order valence-corrected chi connectivity index (χ2v) is 11.0. The number of amides is 2. The van der Waals surface area contributed by atoms with Crippen molar-refractivity contribution in [1.29, 1.82) is 0 Å². The van der Waals surface area contributed by atoms with Crippen molar-refractivity contribution in [2.45, 2.75) is 66.8 Å². The van der Waals surface area contributed by atoms with Gasteiger partial charge in [0.2, 0.25) is 6.41 Å². The number of hydrogen-bond donors (Lipinski definition) is 2. The number of anilines is 1. The average Bonchev–Trinajstić information content (AvgIpc) is 3.23. The molecule has 0 bridgehead atoms. The Hall–Kier alpha value is -3.87. The second-order valence-electron chi connectivity index (χ2n) is 11.0. The van der Waals surface area contributed by atoms with Crippen LogP contribution in [0, 0.1) is 19.8 Å². The number of para-hydroxylation sites is 1. The second kappa shape index (κ2) is 13.5. The number of aromatic nitrogens is 2. The lowest BCUT2D eigenvalue weighted by Crippen LogP contribution is -2.35. The summed E-state index contributed by atoms with van der Waals surface area (Å²) < 4.78 is 2.35. The first-order valence-corrected chi connectivity index (χ1v) is 14.4. The van der Waals surface area contributed by atoms with Crippen molar-refractivity contribution < 1.29 is 9.59 Å². The Labute approximate surface area is 238 Å². The van der Waals surface area contributed by atoms with E-state index in [1.165, 1.54) is 5.69 Å². The van der Waals surface area contributed by atoms with Gasteiger partial charge in [-0.15, -0.1) is 0 Å². The van der Waals surface area contributed by atoms with Crippen LogP contribution in [0.1, 0.15) is 68.2 Å². The van der Waals surface area contributed by atoms with Gasteiger partial charge in [-0.05, 0) is 82.7 Å². The number of fused-ring (bicyclic) bond motifs is 1. The molecule has 1 aliphatic heterocycles. The third kappa shape index (κ3) is 6.82. The molecule has 2 N–H and O–H groups in total. The molecule has 1 aromatic carbocycles. The molecule has 7 nitrogen and oxygen atoms in total. The van der Waals surface area contributed by atoms with Crippen LogP contribution in [0.25, 0.3) is 10.9 Å². The molecule has 1 fully saturated rings. The van der Waals surface area contributed by atoms with Gasteiger partial charge >= 0.3 is 0 Å². The van der Waals surface area contributed by atoms with Crippen LogP contribution in [-0.4, -0.2) is 41.5 Å². The molecule has 2 amide bonds. The number of carbonyl (C=O) groups is 2. The van der Waals surface area contributed by atoms with Crippen molar-refractivity contribution in [1.82, 2.24) is 20.2 Å². The molecule has 4 rings (SSSR count). The smallest absolute Gasteiger partial charge is 0.253 e. The van der Waals surface area contributed by atoms with Crippen LogP contribution in [0.3, 0.4) is 0 Å². The Morgan fingerprint density at radius 3 is 2.52 bits per heavy atom. The minimum absolute atomic E-state index is 0.0453. The van der Waals surface area contributed by atoms with E-state index in [0.29, 0.717) is 18.9 Å². The number of piperidine rings is 1. The molecule has 0 saturated carbocycles. The maximum absolute atomic E-state index is 13.6. The lowest BCUT2D eigenvalue weighted by Gasteiger charge is -2.34. The highest BCUT2D eigenvalue weighted by molar-refractivity contribution is 6.08. The summed E-state index contributed by atoms with van der Waals surface area (Å²) in [6, 6.07) is 12.5. The van der Waals surface area contributed by atoms with Crippen molar-refractivity contribution in [3.63, 3.8) is 0 Å². The van der Waals surface area contributed by atoms with Gasteiger partial charge in [0.1, 0.15) is 0 Å². The fourth-order valence-electron chi connectivity index (χ4n) is 5.72. The Kier molecular flexibility index (Phi) is 9.80. The largest absolute Gasteiger partial charge is 0.370 e. The molecule has 1 saturated heterocycles. The zero-order valence-electron chi connectivity index (χ0n) is 24.6. The first-order chi connectivity index (χ1) is 19.3. The van der Waals surface area contributed by atoms with E-state index in [1.807, 2.05) is 39.1 Å². The fourth-order valence-corrected chi connectivity index (χ4v) is 5.72. The fraction of sp³-hybridized carbons (Fsp3) is 0.424. The maximum Gasteiger partial charge on any atom is 0.253 e. The number of aryl methyl sites for hydroxylation is 1. The zero-order valence-corrected chi connectivity index (χ0v) is 24.6. The summed E-state index contributed by atoms with van der Waals surface area (Å²) in [7, 11) is 0. The highest BCUT2D eigenvalue weighted by Crippen LogP contribution is 2.30. The van der Waals surface area contributed by atoms with E-state index < -0.39 is 0 Å². The molecule has 3 heterocycles. The van der Waals surface area contributed by atoms with Crippen LogP contribution in [0.5, 0.6) is 0 Å². The first-order valence-electron chi connectivity index (χ1n) is 14.4. The summed E-state index contributed by atoms with van der Waals surface area (Å²) in [6.07, 6.45) is 8.75. The molecular formula is C33H43N5O2. The zero-order chi connectivity index (χ0) is 28.6. The van der Waals surface area contributed by atoms with Crippen LogP contribution in [0.15, 0.2) is 65.5 Å². The summed E-state index contributed by atoms with van der Waals surface area (Å²) in [5.41, 5.74) is 8.17. The van der Waals surface area contributed by atoms with Gasteiger partial charge < -0.3 is 20.1 Å². The predicted molar refractivity (Wildman–Crippen MR) is 163 cm³/mol. The minimum atomic E-state index is -0.0453. The van der Waals surface area contributed by atoms with E-state index in [0.717, 1.165) is 90.0 Å². The molecule has 0 unspecified atom stereocenters. The number of benzene rings is 1. The number of allylic oxidation sites excluding steroid dienone is 3. The molecule has 212 valence electrons. The minimum Gasteiger partial charge on any atom is -0.370 e. The van der Waals surface area contributed by atoms with Gasteiger partial charge in [-0.1, -0.05) is 37.1 Å². The molecule has 0 aliphatic carbocycles. The standard InChI is InChI=1S/C33H43N5O2/c1-6-9-28(18-25(4)36-22-39)23(2)19-35-33(40)32-26(5)38(31-11-8-7-10-30(31)32)21-27-14-16-37(17-15-27)29-13-12-24(3)34-20-29/h7-8,10-13,18,20,22,27H,6,9,14-17,19,21H2,1-5H3,(H,35,40)(H,36,39)/b25-18-,28-23+. The molecule has 40 heavy (non-hydrogen) atoms. The van der Waals surface area contributed by atoms with Gasteiger partial charge in [0.15, 0.2) is 0 Å². The van der Waals surface area contributed by atoms with Crippen molar-refractivity contribution in [3.8, 4) is 0 Å². The summed E-state index contributed by atoms with van der Waals surface area (Å²) in [6.45, 7) is 13.5. The third-order valence-electron chi connectivity index (χ3n) is 8.03. The van der Waals surface area contributed by atoms with Gasteiger partial charge in [0.05, 0.1) is 17.4 Å². The highest BCUT2D eigenvalue weighted by Gasteiger charge is 2.24. The van der Waals surface area contributed by atoms with E-state index >= 15 is 0 Å². The van der Waals surface area contributed by atoms with Gasteiger partial charge in [-0.3, -0.25) is 14.6 Å². The molecular weight excluding hydrogens is 498 g/mol. The third-order valence-corrected chi connectivity index (χ3v) is 8.03.